The number of nitrogens with one attached hydrogen (secondary N) is 1. The van der Waals surface area contributed by atoms with E-state index in [0.717, 1.165) is 0 Å². The lowest BCUT2D eigenvalue weighted by atomic mass is 10.0. The van der Waals surface area contributed by atoms with Crippen LogP contribution in [0.15, 0.2) is 18.2 Å². The molecule has 3 N–H and O–H groups in total. The molecule has 1 rings (SSSR count). The highest BCUT2D eigenvalue weighted by Crippen LogP contribution is 2.31. The molecule has 17 heavy (non-hydrogen) atoms. The summed E-state index contributed by atoms with van der Waals surface area (Å²) in [5, 5.41) is 10.3. The summed E-state index contributed by atoms with van der Waals surface area (Å²) in [5.74, 6) is 0. The van der Waals surface area contributed by atoms with E-state index in [4.69, 9.17) is 27.8 Å². The highest BCUT2D eigenvalue weighted by molar-refractivity contribution is 7.83. The quantitative estimate of drug-likeness (QED) is 0.740. The third-order valence-corrected chi connectivity index (χ3v) is 3.43. The first kappa shape index (κ1) is 14.7. The first-order valence-corrected chi connectivity index (χ1v) is 6.78. The molecule has 0 bridgehead atoms. The van der Waals surface area contributed by atoms with Crippen LogP contribution in [0.2, 0.25) is 10.0 Å². The van der Waals surface area contributed by atoms with Crippen LogP contribution < -0.4 is 4.72 Å². The van der Waals surface area contributed by atoms with E-state index in [1.807, 2.05) is 4.72 Å². The van der Waals surface area contributed by atoms with Gasteiger partial charge >= 0.3 is 10.3 Å². The van der Waals surface area contributed by atoms with Crippen molar-refractivity contribution < 1.29 is 18.1 Å². The maximum absolute atomic E-state index is 10.6. The zero-order valence-corrected chi connectivity index (χ0v) is 11.1. The van der Waals surface area contributed by atoms with Gasteiger partial charge in [-0.25, -0.2) is 0 Å². The van der Waals surface area contributed by atoms with Crippen LogP contribution in [0.25, 0.3) is 0 Å². The van der Waals surface area contributed by atoms with Gasteiger partial charge in [0.15, 0.2) is 0 Å². The van der Waals surface area contributed by atoms with Crippen LogP contribution in [0.3, 0.4) is 0 Å². The zero-order chi connectivity index (χ0) is 13.2. The number of rotatable bonds is 4. The van der Waals surface area contributed by atoms with Gasteiger partial charge in [0.05, 0.1) is 12.1 Å². The van der Waals surface area contributed by atoms with Crippen LogP contribution in [0, 0.1) is 0 Å². The lowest BCUT2D eigenvalue weighted by molar-refractivity contribution is 0.145. The zero-order valence-electron chi connectivity index (χ0n) is 8.76. The van der Waals surface area contributed by atoms with Crippen molar-refractivity contribution in [3.05, 3.63) is 33.8 Å². The SMILES string of the molecule is C[C@@H](NS(=O)(=O)O)[C@H](O)c1c(Cl)cccc1Cl. The minimum atomic E-state index is -4.40. The summed E-state index contributed by atoms with van der Waals surface area (Å²) < 4.78 is 31.7. The number of aliphatic hydroxyl groups excluding tert-OH is 1. The Morgan fingerprint density at radius 2 is 1.76 bits per heavy atom. The second kappa shape index (κ2) is 5.51. The molecule has 8 heteroatoms. The van der Waals surface area contributed by atoms with Gasteiger partial charge in [0.2, 0.25) is 0 Å². The molecule has 0 heterocycles. The van der Waals surface area contributed by atoms with Gasteiger partial charge in [-0.15, -0.1) is 0 Å². The third-order valence-electron chi connectivity index (χ3n) is 2.10. The Balaban J connectivity index is 3.00. The monoisotopic (exact) mass is 299 g/mol. The lowest BCUT2D eigenvalue weighted by Gasteiger charge is -2.20. The molecule has 0 radical (unpaired) electrons. The van der Waals surface area contributed by atoms with E-state index in [9.17, 15) is 13.5 Å². The Hall–Kier alpha value is -0.370. The summed E-state index contributed by atoms with van der Waals surface area (Å²) in [6.07, 6.45) is -1.27. The van der Waals surface area contributed by atoms with Crippen molar-refractivity contribution >= 4 is 33.5 Å². The standard InChI is InChI=1S/C9H11Cl2NO4S/c1-5(12-17(14,15)16)9(13)8-6(10)3-2-4-7(8)11/h2-5,9,12-13H,1H3,(H,14,15,16)/t5-,9+/m1/s1. The molecule has 0 fully saturated rings. The molecule has 96 valence electrons. The van der Waals surface area contributed by atoms with E-state index in [0.29, 0.717) is 0 Å². The fourth-order valence-electron chi connectivity index (χ4n) is 1.34. The minimum Gasteiger partial charge on any atom is -0.387 e. The van der Waals surface area contributed by atoms with Gasteiger partial charge in [-0.3, -0.25) is 4.55 Å². The molecule has 0 saturated heterocycles. The van der Waals surface area contributed by atoms with E-state index in [1.54, 1.807) is 6.07 Å². The molecule has 0 aliphatic rings. The van der Waals surface area contributed by atoms with Gasteiger partial charge in [-0.05, 0) is 19.1 Å². The van der Waals surface area contributed by atoms with Crippen LogP contribution in [-0.4, -0.2) is 24.1 Å². The molecule has 1 aromatic rings. The van der Waals surface area contributed by atoms with Gasteiger partial charge in [0.25, 0.3) is 0 Å². The highest BCUT2D eigenvalue weighted by atomic mass is 35.5. The summed E-state index contributed by atoms with van der Waals surface area (Å²) in [6, 6.07) is 3.67. The fraction of sp³-hybridized carbons (Fsp3) is 0.333. The number of hydrogen-bond donors (Lipinski definition) is 3. The topological polar surface area (TPSA) is 86.6 Å². The molecule has 5 nitrogen and oxygen atoms in total. The molecule has 0 aliphatic carbocycles. The van der Waals surface area contributed by atoms with Crippen molar-refractivity contribution in [1.82, 2.24) is 4.72 Å². The molecule has 0 saturated carbocycles. The van der Waals surface area contributed by atoms with Crippen LogP contribution in [0.5, 0.6) is 0 Å². The van der Waals surface area contributed by atoms with Gasteiger partial charge in [0, 0.05) is 15.6 Å². The van der Waals surface area contributed by atoms with Crippen LogP contribution >= 0.6 is 23.2 Å². The van der Waals surface area contributed by atoms with Gasteiger partial charge < -0.3 is 5.11 Å². The largest absolute Gasteiger partial charge is 0.387 e. The second-order valence-electron chi connectivity index (χ2n) is 3.46. The second-order valence-corrected chi connectivity index (χ2v) is 5.46. The number of halogens is 2. The molecular formula is C9H11Cl2NO4S. The van der Waals surface area contributed by atoms with Gasteiger partial charge in [0.1, 0.15) is 0 Å². The lowest BCUT2D eigenvalue weighted by Crippen LogP contribution is -2.36. The first-order chi connectivity index (χ1) is 7.72. The van der Waals surface area contributed by atoms with E-state index >= 15 is 0 Å². The molecule has 1 aromatic carbocycles. The summed E-state index contributed by atoms with van der Waals surface area (Å²) in [5.41, 5.74) is 0.208. The summed E-state index contributed by atoms with van der Waals surface area (Å²) in [6.45, 7) is 1.37. The maximum atomic E-state index is 10.6. The summed E-state index contributed by atoms with van der Waals surface area (Å²) in [7, 11) is -4.40. The van der Waals surface area contributed by atoms with Crippen molar-refractivity contribution in [2.45, 2.75) is 19.1 Å². The Morgan fingerprint density at radius 3 is 2.18 bits per heavy atom. The van der Waals surface area contributed by atoms with Crippen molar-refractivity contribution in [2.24, 2.45) is 0 Å². The number of hydrogen-bond acceptors (Lipinski definition) is 3. The smallest absolute Gasteiger partial charge is 0.333 e. The van der Waals surface area contributed by atoms with E-state index in [-0.39, 0.29) is 15.6 Å². The Kier molecular flexibility index (Phi) is 4.77. The Labute approximate surface area is 109 Å². The fourth-order valence-corrected chi connectivity index (χ4v) is 2.56. The normalized spacial score (nSPS) is 15.6. The number of benzene rings is 1. The van der Waals surface area contributed by atoms with Crippen molar-refractivity contribution in [1.29, 1.82) is 0 Å². The predicted octanol–water partition coefficient (Wildman–Crippen LogP) is 1.81. The molecule has 0 unspecified atom stereocenters. The van der Waals surface area contributed by atoms with Crippen molar-refractivity contribution in [3.8, 4) is 0 Å². The number of aliphatic hydroxyl groups is 1. The van der Waals surface area contributed by atoms with Crippen molar-refractivity contribution in [3.63, 3.8) is 0 Å². The van der Waals surface area contributed by atoms with E-state index < -0.39 is 22.4 Å². The third kappa shape index (κ3) is 4.09. The van der Waals surface area contributed by atoms with Crippen LogP contribution in [0.4, 0.5) is 0 Å². The predicted molar refractivity (Wildman–Crippen MR) is 65.6 cm³/mol. The molecule has 0 spiro atoms. The molecule has 0 aliphatic heterocycles. The average molecular weight is 300 g/mol. The van der Waals surface area contributed by atoms with Gasteiger partial charge in [-0.1, -0.05) is 29.3 Å². The summed E-state index contributed by atoms with van der Waals surface area (Å²) in [4.78, 5) is 0. The first-order valence-electron chi connectivity index (χ1n) is 4.59. The van der Waals surface area contributed by atoms with Gasteiger partial charge in [-0.2, -0.15) is 13.1 Å². The Bertz CT molecular complexity index is 485. The van der Waals surface area contributed by atoms with Crippen LogP contribution in [0.1, 0.15) is 18.6 Å². The molecule has 2 atom stereocenters. The minimum absolute atomic E-state index is 0.208. The summed E-state index contributed by atoms with van der Waals surface area (Å²) >= 11 is 11.7. The average Bonchev–Trinajstić information content (AvgIpc) is 2.14. The molecule has 0 amide bonds. The molecule has 0 aromatic heterocycles. The van der Waals surface area contributed by atoms with E-state index in [2.05, 4.69) is 0 Å². The molecular weight excluding hydrogens is 289 g/mol. The van der Waals surface area contributed by atoms with Crippen molar-refractivity contribution in [2.75, 3.05) is 0 Å². The maximum Gasteiger partial charge on any atom is 0.333 e. The highest BCUT2D eigenvalue weighted by Gasteiger charge is 2.24. The van der Waals surface area contributed by atoms with Crippen LogP contribution in [-0.2, 0) is 10.3 Å². The van der Waals surface area contributed by atoms with E-state index in [1.165, 1.54) is 19.1 Å². The Morgan fingerprint density at radius 1 is 1.29 bits per heavy atom.